The van der Waals surface area contributed by atoms with Gasteiger partial charge >= 0.3 is 0 Å². The molecule has 0 bridgehead atoms. The van der Waals surface area contributed by atoms with E-state index in [0.29, 0.717) is 6.54 Å². The van der Waals surface area contributed by atoms with Crippen LogP contribution in [0.2, 0.25) is 0 Å². The Hall–Kier alpha value is -0.710. The van der Waals surface area contributed by atoms with E-state index in [1.807, 2.05) is 6.07 Å². The zero-order valence-corrected chi connectivity index (χ0v) is 21.8. The van der Waals surface area contributed by atoms with E-state index in [9.17, 15) is 0 Å². The molecular formula is C23H37IN4O2S. The highest BCUT2D eigenvalue weighted by molar-refractivity contribution is 14.0. The number of rotatable bonds is 9. The molecule has 1 atom stereocenters. The number of benzene rings is 1. The minimum Gasteiger partial charge on any atom is -0.493 e. The number of para-hydroxylation sites is 1. The Balaban J connectivity index is 0.00000272. The Morgan fingerprint density at radius 3 is 2.77 bits per heavy atom. The van der Waals surface area contributed by atoms with Crippen LogP contribution in [0.25, 0.3) is 0 Å². The van der Waals surface area contributed by atoms with Crippen molar-refractivity contribution in [3.63, 3.8) is 0 Å². The highest BCUT2D eigenvalue weighted by atomic mass is 127. The number of halogens is 1. The van der Waals surface area contributed by atoms with Crippen LogP contribution in [-0.4, -0.2) is 73.9 Å². The Morgan fingerprint density at radius 1 is 1.26 bits per heavy atom. The molecule has 3 fully saturated rings. The van der Waals surface area contributed by atoms with Crippen molar-refractivity contribution in [2.75, 3.05) is 57.5 Å². The van der Waals surface area contributed by atoms with Gasteiger partial charge in [-0.2, -0.15) is 11.8 Å². The molecule has 1 saturated carbocycles. The zero-order valence-electron chi connectivity index (χ0n) is 18.6. The highest BCUT2D eigenvalue weighted by Gasteiger charge is 2.40. The van der Waals surface area contributed by atoms with Crippen LogP contribution < -0.4 is 15.4 Å². The summed E-state index contributed by atoms with van der Waals surface area (Å²) < 4.78 is 11.6. The zero-order chi connectivity index (χ0) is 20.7. The number of hydrogen-bond donors (Lipinski definition) is 2. The SMILES string of the molecule is CCNC(=NCc1ccccc1OCC1CC1)NCC1(N2CCOCC2)CCSC1.I. The summed E-state index contributed by atoms with van der Waals surface area (Å²) in [4.78, 5) is 7.52. The average molecular weight is 561 g/mol. The van der Waals surface area contributed by atoms with Gasteiger partial charge in [0.25, 0.3) is 0 Å². The number of ether oxygens (including phenoxy) is 2. The van der Waals surface area contributed by atoms with E-state index in [0.717, 1.165) is 69.2 Å². The molecule has 2 heterocycles. The lowest BCUT2D eigenvalue weighted by atomic mass is 9.95. The van der Waals surface area contributed by atoms with Gasteiger partial charge in [0, 0.05) is 43.0 Å². The van der Waals surface area contributed by atoms with E-state index in [4.69, 9.17) is 14.5 Å². The molecule has 4 rings (SSSR count). The summed E-state index contributed by atoms with van der Waals surface area (Å²) in [6.45, 7) is 9.09. The van der Waals surface area contributed by atoms with Gasteiger partial charge in [0.15, 0.2) is 5.96 Å². The molecule has 1 aromatic rings. The monoisotopic (exact) mass is 560 g/mol. The number of aliphatic imine (C=N–C) groups is 1. The van der Waals surface area contributed by atoms with Gasteiger partial charge in [0.1, 0.15) is 5.75 Å². The molecule has 1 aromatic carbocycles. The second-order valence-corrected chi connectivity index (χ2v) is 9.64. The van der Waals surface area contributed by atoms with Gasteiger partial charge in [0.2, 0.25) is 0 Å². The van der Waals surface area contributed by atoms with Gasteiger partial charge in [-0.1, -0.05) is 18.2 Å². The van der Waals surface area contributed by atoms with Crippen molar-refractivity contribution in [2.24, 2.45) is 10.9 Å². The summed E-state index contributed by atoms with van der Waals surface area (Å²) in [5, 5.41) is 7.08. The van der Waals surface area contributed by atoms with E-state index >= 15 is 0 Å². The summed E-state index contributed by atoms with van der Waals surface area (Å²) >= 11 is 2.07. The van der Waals surface area contributed by atoms with Gasteiger partial charge in [-0.15, -0.1) is 24.0 Å². The third-order valence-electron chi connectivity index (χ3n) is 6.25. The maximum absolute atomic E-state index is 6.06. The topological polar surface area (TPSA) is 58.1 Å². The Bertz CT molecular complexity index is 705. The average Bonchev–Trinajstić information content (AvgIpc) is 3.50. The molecule has 0 radical (unpaired) electrons. The van der Waals surface area contributed by atoms with E-state index < -0.39 is 0 Å². The van der Waals surface area contributed by atoms with Crippen LogP contribution in [0.4, 0.5) is 0 Å². The van der Waals surface area contributed by atoms with Crippen LogP contribution in [0.3, 0.4) is 0 Å². The summed E-state index contributed by atoms with van der Waals surface area (Å²) in [5.41, 5.74) is 1.35. The number of thioether (sulfide) groups is 1. The van der Waals surface area contributed by atoms with Crippen molar-refractivity contribution in [3.05, 3.63) is 29.8 Å². The fourth-order valence-electron chi connectivity index (χ4n) is 4.16. The smallest absolute Gasteiger partial charge is 0.191 e. The number of nitrogens with zero attached hydrogens (tertiary/aromatic N) is 2. The van der Waals surface area contributed by atoms with E-state index in [-0.39, 0.29) is 29.5 Å². The molecule has 0 amide bonds. The van der Waals surface area contributed by atoms with E-state index in [2.05, 4.69) is 52.4 Å². The number of nitrogens with one attached hydrogen (secondary N) is 2. The molecule has 2 aliphatic heterocycles. The fraction of sp³-hybridized carbons (Fsp3) is 0.696. The lowest BCUT2D eigenvalue weighted by Crippen LogP contribution is -2.60. The maximum Gasteiger partial charge on any atom is 0.191 e. The third-order valence-corrected chi connectivity index (χ3v) is 7.48. The van der Waals surface area contributed by atoms with Crippen molar-refractivity contribution in [1.82, 2.24) is 15.5 Å². The molecule has 1 unspecified atom stereocenters. The fourth-order valence-corrected chi connectivity index (χ4v) is 5.63. The molecular weight excluding hydrogens is 523 g/mol. The minimum atomic E-state index is 0. The standard InChI is InChI=1S/C23H36N4O2S.HI/c1-2-24-22(25-15-20-5-3-4-6-21(20)29-16-19-7-8-19)26-17-23(9-14-30-18-23)27-10-12-28-13-11-27;/h3-6,19H,2,7-18H2,1H3,(H2,24,25,26);1H. The first-order chi connectivity index (χ1) is 14.8. The van der Waals surface area contributed by atoms with Gasteiger partial charge < -0.3 is 20.1 Å². The Morgan fingerprint density at radius 2 is 2.06 bits per heavy atom. The molecule has 31 heavy (non-hydrogen) atoms. The predicted molar refractivity (Wildman–Crippen MR) is 140 cm³/mol. The largest absolute Gasteiger partial charge is 0.493 e. The Labute approximate surface area is 208 Å². The van der Waals surface area contributed by atoms with Crippen molar-refractivity contribution in [1.29, 1.82) is 0 Å². The summed E-state index contributed by atoms with van der Waals surface area (Å²) in [6, 6.07) is 8.30. The highest BCUT2D eigenvalue weighted by Crippen LogP contribution is 2.33. The van der Waals surface area contributed by atoms with Crippen LogP contribution >= 0.6 is 35.7 Å². The summed E-state index contributed by atoms with van der Waals surface area (Å²) in [5.74, 6) is 5.02. The number of hydrogen-bond acceptors (Lipinski definition) is 5. The van der Waals surface area contributed by atoms with Gasteiger partial charge in [-0.05, 0) is 43.9 Å². The molecule has 1 aliphatic carbocycles. The van der Waals surface area contributed by atoms with Crippen LogP contribution in [0.5, 0.6) is 5.75 Å². The van der Waals surface area contributed by atoms with Gasteiger partial charge in [-0.25, -0.2) is 4.99 Å². The molecule has 174 valence electrons. The normalized spacial score (nSPS) is 24.5. The van der Waals surface area contributed by atoms with Crippen LogP contribution in [0.15, 0.2) is 29.3 Å². The Kier molecular flexibility index (Phi) is 10.1. The van der Waals surface area contributed by atoms with Crippen LogP contribution in [0.1, 0.15) is 31.7 Å². The summed E-state index contributed by atoms with van der Waals surface area (Å²) in [7, 11) is 0. The van der Waals surface area contributed by atoms with Crippen molar-refractivity contribution in [2.45, 2.75) is 38.3 Å². The minimum absolute atomic E-state index is 0. The van der Waals surface area contributed by atoms with Gasteiger partial charge in [0.05, 0.1) is 26.4 Å². The van der Waals surface area contributed by atoms with Crippen molar-refractivity contribution in [3.8, 4) is 5.75 Å². The maximum atomic E-state index is 6.06. The molecule has 8 heteroatoms. The second kappa shape index (κ2) is 12.5. The van der Waals surface area contributed by atoms with Gasteiger partial charge in [-0.3, -0.25) is 4.90 Å². The predicted octanol–water partition coefficient (Wildman–Crippen LogP) is 3.36. The molecule has 0 aromatic heterocycles. The van der Waals surface area contributed by atoms with E-state index in [1.54, 1.807) is 0 Å². The first-order valence-corrected chi connectivity index (χ1v) is 12.6. The number of guanidine groups is 1. The second-order valence-electron chi connectivity index (χ2n) is 8.54. The first-order valence-electron chi connectivity index (χ1n) is 11.4. The third kappa shape index (κ3) is 7.14. The lowest BCUT2D eigenvalue weighted by Gasteiger charge is -2.43. The van der Waals surface area contributed by atoms with Crippen LogP contribution in [-0.2, 0) is 11.3 Å². The molecule has 6 nitrogen and oxygen atoms in total. The van der Waals surface area contributed by atoms with Crippen LogP contribution in [0, 0.1) is 5.92 Å². The van der Waals surface area contributed by atoms with Crippen molar-refractivity contribution < 1.29 is 9.47 Å². The molecule has 2 saturated heterocycles. The first kappa shape index (κ1) is 24.9. The lowest BCUT2D eigenvalue weighted by molar-refractivity contribution is -0.0120. The molecule has 2 N–H and O–H groups in total. The molecule has 0 spiro atoms. The number of morpholine rings is 1. The summed E-state index contributed by atoms with van der Waals surface area (Å²) in [6.07, 6.45) is 3.83. The van der Waals surface area contributed by atoms with Crippen molar-refractivity contribution >= 4 is 41.7 Å². The molecule has 3 aliphatic rings. The quantitative estimate of drug-likeness (QED) is 0.275. The van der Waals surface area contributed by atoms with E-state index in [1.165, 1.54) is 30.8 Å².